The molecular formula is C16H20N2. The zero-order valence-electron chi connectivity index (χ0n) is 11.5. The molecule has 0 N–H and O–H groups in total. The number of nitrogens with zero attached hydrogens (tertiary/aromatic N) is 2. The van der Waals surface area contributed by atoms with Gasteiger partial charge in [0.05, 0.1) is 11.4 Å². The van der Waals surface area contributed by atoms with Crippen molar-refractivity contribution >= 4 is 12.4 Å². The molecule has 94 valence electrons. The molecule has 0 aromatic carbocycles. The Labute approximate surface area is 109 Å². The highest BCUT2D eigenvalue weighted by molar-refractivity contribution is 5.73. The van der Waals surface area contributed by atoms with Gasteiger partial charge < -0.3 is 0 Å². The lowest BCUT2D eigenvalue weighted by molar-refractivity contribution is 0.693. The third-order valence-electron chi connectivity index (χ3n) is 2.89. The molecule has 2 heteroatoms. The van der Waals surface area contributed by atoms with Crippen LogP contribution in [-0.2, 0) is 0 Å². The van der Waals surface area contributed by atoms with Gasteiger partial charge in [0.2, 0.25) is 0 Å². The van der Waals surface area contributed by atoms with Crippen molar-refractivity contribution in [3.05, 3.63) is 47.9 Å². The number of allylic oxidation sites excluding steroid dienone is 6. The van der Waals surface area contributed by atoms with Crippen LogP contribution in [0.2, 0.25) is 0 Å². The predicted octanol–water partition coefficient (Wildman–Crippen LogP) is 4.09. The molecule has 0 spiro atoms. The fourth-order valence-corrected chi connectivity index (χ4v) is 1.72. The molecule has 18 heavy (non-hydrogen) atoms. The van der Waals surface area contributed by atoms with Crippen molar-refractivity contribution in [3.63, 3.8) is 0 Å². The van der Waals surface area contributed by atoms with Crippen LogP contribution in [0.25, 0.3) is 0 Å². The summed E-state index contributed by atoms with van der Waals surface area (Å²) in [6, 6.07) is 0. The molecule has 0 amide bonds. The van der Waals surface area contributed by atoms with Gasteiger partial charge in [-0.15, -0.1) is 0 Å². The van der Waals surface area contributed by atoms with Gasteiger partial charge in [0.25, 0.3) is 0 Å². The zero-order chi connectivity index (χ0) is 13.2. The van der Waals surface area contributed by atoms with Crippen molar-refractivity contribution in [2.24, 2.45) is 20.8 Å². The van der Waals surface area contributed by atoms with E-state index in [0.717, 1.165) is 11.4 Å². The van der Waals surface area contributed by atoms with Crippen LogP contribution >= 0.6 is 0 Å². The highest BCUT2D eigenvalue weighted by Crippen LogP contribution is 2.25. The Bertz CT molecular complexity index is 461. The van der Waals surface area contributed by atoms with Crippen molar-refractivity contribution in [1.82, 2.24) is 0 Å². The number of aliphatic imine (C=N–C) groups is 2. The maximum Gasteiger partial charge on any atom is 0.0882 e. The maximum absolute atomic E-state index is 4.55. The van der Waals surface area contributed by atoms with Crippen LogP contribution < -0.4 is 0 Å². The van der Waals surface area contributed by atoms with E-state index in [0.29, 0.717) is 0 Å². The van der Waals surface area contributed by atoms with Gasteiger partial charge in [-0.1, -0.05) is 52.0 Å². The summed E-state index contributed by atoms with van der Waals surface area (Å²) in [6.45, 7) is 8.55. The molecule has 0 fully saturated rings. The number of hydrogen-bond donors (Lipinski definition) is 0. The molecule has 2 nitrogen and oxygen atoms in total. The zero-order valence-corrected chi connectivity index (χ0v) is 11.5. The first-order valence-corrected chi connectivity index (χ1v) is 6.28. The Hall–Kier alpha value is -1.70. The molecule has 0 aromatic rings. The lowest BCUT2D eigenvalue weighted by Gasteiger charge is -2.12. The third kappa shape index (κ3) is 3.16. The van der Waals surface area contributed by atoms with Crippen LogP contribution in [0.15, 0.2) is 57.8 Å². The van der Waals surface area contributed by atoms with Gasteiger partial charge in [-0.3, -0.25) is 9.98 Å². The molecule has 0 atom stereocenters. The Morgan fingerprint density at radius 1 is 0.722 bits per heavy atom. The molecule has 0 saturated carbocycles. The van der Waals surface area contributed by atoms with Gasteiger partial charge in [-0.05, 0) is 12.2 Å². The van der Waals surface area contributed by atoms with Crippen LogP contribution in [0, 0.1) is 10.8 Å². The first-order chi connectivity index (χ1) is 8.38. The minimum absolute atomic E-state index is 0.00234. The fraction of sp³-hybridized carbons (Fsp3) is 0.375. The summed E-state index contributed by atoms with van der Waals surface area (Å²) in [4.78, 5) is 9.09. The second-order valence-corrected chi connectivity index (χ2v) is 5.98. The highest BCUT2D eigenvalue weighted by atomic mass is 14.9. The van der Waals surface area contributed by atoms with Crippen LogP contribution in [0.5, 0.6) is 0 Å². The fourth-order valence-electron chi connectivity index (χ4n) is 1.72. The Balaban J connectivity index is 2.30. The van der Waals surface area contributed by atoms with Crippen LogP contribution in [0.3, 0.4) is 0 Å². The van der Waals surface area contributed by atoms with Crippen molar-refractivity contribution in [3.8, 4) is 0 Å². The van der Waals surface area contributed by atoms with E-state index in [9.17, 15) is 0 Å². The Morgan fingerprint density at radius 3 is 1.50 bits per heavy atom. The summed E-state index contributed by atoms with van der Waals surface area (Å²) >= 11 is 0. The van der Waals surface area contributed by atoms with Crippen molar-refractivity contribution in [2.45, 2.75) is 27.7 Å². The minimum Gasteiger partial charge on any atom is -0.258 e. The van der Waals surface area contributed by atoms with E-state index in [1.165, 1.54) is 0 Å². The van der Waals surface area contributed by atoms with Crippen LogP contribution in [0.4, 0.5) is 0 Å². The Kier molecular flexibility index (Phi) is 3.20. The molecule has 2 rings (SSSR count). The largest absolute Gasteiger partial charge is 0.258 e. The molecule has 2 heterocycles. The van der Waals surface area contributed by atoms with Gasteiger partial charge in [0, 0.05) is 23.3 Å². The number of rotatable bonds is 1. The second kappa shape index (κ2) is 4.52. The van der Waals surface area contributed by atoms with Crippen LogP contribution in [-0.4, -0.2) is 12.4 Å². The van der Waals surface area contributed by atoms with Crippen molar-refractivity contribution in [2.75, 3.05) is 0 Å². The first-order valence-electron chi connectivity index (χ1n) is 6.28. The lowest BCUT2D eigenvalue weighted by Crippen LogP contribution is -2.08. The van der Waals surface area contributed by atoms with Gasteiger partial charge in [-0.2, -0.15) is 0 Å². The quantitative estimate of drug-likeness (QED) is 0.659. The highest BCUT2D eigenvalue weighted by Gasteiger charge is 2.15. The van der Waals surface area contributed by atoms with Crippen molar-refractivity contribution in [1.29, 1.82) is 0 Å². The summed E-state index contributed by atoms with van der Waals surface area (Å²) in [5.41, 5.74) is 1.83. The van der Waals surface area contributed by atoms with Gasteiger partial charge >= 0.3 is 0 Å². The molecular weight excluding hydrogens is 220 g/mol. The van der Waals surface area contributed by atoms with Crippen molar-refractivity contribution < 1.29 is 0 Å². The molecule has 0 saturated heterocycles. The third-order valence-corrected chi connectivity index (χ3v) is 2.89. The van der Waals surface area contributed by atoms with E-state index in [-0.39, 0.29) is 10.8 Å². The van der Waals surface area contributed by atoms with Gasteiger partial charge in [0.1, 0.15) is 0 Å². The minimum atomic E-state index is 0.00234. The summed E-state index contributed by atoms with van der Waals surface area (Å²) in [6.07, 6.45) is 16.4. The molecule has 2 aliphatic heterocycles. The average molecular weight is 240 g/mol. The normalized spacial score (nSPS) is 24.2. The molecule has 0 bridgehead atoms. The average Bonchev–Trinajstić information content (AvgIpc) is 2.54. The van der Waals surface area contributed by atoms with E-state index >= 15 is 0 Å². The molecule has 0 aromatic heterocycles. The summed E-state index contributed by atoms with van der Waals surface area (Å²) in [7, 11) is 0. The molecule has 2 aliphatic rings. The SMILES string of the molecule is CC1(C)C=CC=C(C2=CC=CC(C)(C)C=N2)N=C1. The molecule has 0 radical (unpaired) electrons. The van der Waals surface area contributed by atoms with Gasteiger partial charge in [-0.25, -0.2) is 0 Å². The summed E-state index contributed by atoms with van der Waals surface area (Å²) < 4.78 is 0. The van der Waals surface area contributed by atoms with E-state index < -0.39 is 0 Å². The smallest absolute Gasteiger partial charge is 0.0882 e. The maximum atomic E-state index is 4.55. The first kappa shape index (κ1) is 12.7. The standard InChI is InChI=1S/C16H20N2/c1-15(2)9-5-7-13(17-11-15)14-8-6-10-16(3,4)12-18-14/h5-12H,1-4H3. The van der Waals surface area contributed by atoms with E-state index in [1.54, 1.807) is 0 Å². The predicted molar refractivity (Wildman–Crippen MR) is 79.0 cm³/mol. The Morgan fingerprint density at radius 2 is 1.11 bits per heavy atom. The van der Waals surface area contributed by atoms with E-state index in [2.05, 4.69) is 62.0 Å². The van der Waals surface area contributed by atoms with E-state index in [1.807, 2.05) is 24.6 Å². The topological polar surface area (TPSA) is 24.7 Å². The lowest BCUT2D eigenvalue weighted by atomic mass is 9.95. The molecule has 0 unspecified atom stereocenters. The van der Waals surface area contributed by atoms with Crippen LogP contribution in [0.1, 0.15) is 27.7 Å². The monoisotopic (exact) mass is 240 g/mol. The molecule has 0 aliphatic carbocycles. The summed E-state index contributed by atoms with van der Waals surface area (Å²) in [5.74, 6) is 0. The number of hydrogen-bond acceptors (Lipinski definition) is 2. The van der Waals surface area contributed by atoms with Gasteiger partial charge in [0.15, 0.2) is 0 Å². The second-order valence-electron chi connectivity index (χ2n) is 5.98. The summed E-state index contributed by atoms with van der Waals surface area (Å²) in [5, 5.41) is 0. The van der Waals surface area contributed by atoms with E-state index in [4.69, 9.17) is 0 Å².